The quantitative estimate of drug-likeness (QED) is 0.678. The van der Waals surface area contributed by atoms with Crippen LogP contribution < -0.4 is 0 Å². The van der Waals surface area contributed by atoms with Crippen molar-refractivity contribution in [1.82, 2.24) is 9.55 Å². The molecule has 1 aliphatic heterocycles. The van der Waals surface area contributed by atoms with Gasteiger partial charge in [0, 0.05) is 12.5 Å². The smallest absolute Gasteiger partial charge is 0.300 e. The Hall–Kier alpha value is -2.95. The maximum Gasteiger partial charge on any atom is 0.300 e. The van der Waals surface area contributed by atoms with Gasteiger partial charge in [-0.15, -0.1) is 0 Å². The second-order valence-corrected chi connectivity index (χ2v) is 5.01. The summed E-state index contributed by atoms with van der Waals surface area (Å²) in [7, 11) is 0. The first-order valence-corrected chi connectivity index (χ1v) is 7.86. The van der Waals surface area contributed by atoms with E-state index >= 15 is 0 Å². The Morgan fingerprint density at radius 3 is 2.38 bits per heavy atom. The molecule has 0 amide bonds. The molecule has 0 radical (unpaired) electrons. The second kappa shape index (κ2) is 7.55. The van der Waals surface area contributed by atoms with E-state index in [2.05, 4.69) is 4.98 Å². The van der Waals surface area contributed by atoms with E-state index in [-0.39, 0.29) is 5.91 Å². The predicted octanol–water partition coefficient (Wildman–Crippen LogP) is 4.02. The van der Waals surface area contributed by atoms with Crippen LogP contribution in [0.1, 0.15) is 31.1 Å². The summed E-state index contributed by atoms with van der Waals surface area (Å²) in [5.74, 6) is 0.0282. The third kappa shape index (κ3) is 3.35. The molecule has 24 heavy (non-hydrogen) atoms. The van der Waals surface area contributed by atoms with Crippen LogP contribution in [0.5, 0.6) is 0 Å². The lowest BCUT2D eigenvalue weighted by molar-refractivity contribution is -0.134. The van der Waals surface area contributed by atoms with Crippen LogP contribution in [0, 0.1) is 0 Å². The van der Waals surface area contributed by atoms with Gasteiger partial charge in [-0.25, -0.2) is 4.98 Å². The standard InChI is InChI=1S/C15H10N2O.C2H4O2.C2H6/c18-14-9-10-5-1-2-6-11(10)15-16-12-7-3-4-8-13(12)17(14)15;1-2(3)4;1-2/h1-8H,9H2;1H3,(H,3,4);1-2H3. The highest BCUT2D eigenvalue weighted by atomic mass is 16.4. The molecular weight excluding hydrogens is 304 g/mol. The predicted molar refractivity (Wildman–Crippen MR) is 94.2 cm³/mol. The minimum atomic E-state index is -0.833. The van der Waals surface area contributed by atoms with Crippen LogP contribution in [0.2, 0.25) is 0 Å². The van der Waals surface area contributed by atoms with Gasteiger partial charge in [0.05, 0.1) is 17.5 Å². The Morgan fingerprint density at radius 1 is 1.08 bits per heavy atom. The molecule has 2 aromatic carbocycles. The number of para-hydroxylation sites is 2. The fourth-order valence-corrected chi connectivity index (χ4v) is 2.59. The summed E-state index contributed by atoms with van der Waals surface area (Å²) in [5.41, 5.74) is 3.89. The van der Waals surface area contributed by atoms with Gasteiger partial charge in [0.25, 0.3) is 5.97 Å². The molecule has 3 aromatic rings. The highest BCUT2D eigenvalue weighted by molar-refractivity contribution is 5.99. The largest absolute Gasteiger partial charge is 0.481 e. The van der Waals surface area contributed by atoms with E-state index in [9.17, 15) is 4.79 Å². The van der Waals surface area contributed by atoms with E-state index in [1.807, 2.05) is 62.4 Å². The van der Waals surface area contributed by atoms with Crippen LogP contribution in [0.15, 0.2) is 48.5 Å². The van der Waals surface area contributed by atoms with Crippen molar-refractivity contribution in [1.29, 1.82) is 0 Å². The average molecular weight is 324 g/mol. The number of carbonyl (C=O) groups excluding carboxylic acids is 1. The lowest BCUT2D eigenvalue weighted by Gasteiger charge is -2.16. The molecule has 0 aliphatic carbocycles. The zero-order valence-electron chi connectivity index (χ0n) is 14.0. The molecular formula is C19H20N2O3. The number of carboxylic acid groups (broad SMARTS) is 1. The zero-order chi connectivity index (χ0) is 17.7. The van der Waals surface area contributed by atoms with Gasteiger partial charge in [-0.2, -0.15) is 0 Å². The van der Waals surface area contributed by atoms with Gasteiger partial charge in [0.2, 0.25) is 5.91 Å². The Balaban J connectivity index is 0.000000308. The number of rotatable bonds is 0. The zero-order valence-corrected chi connectivity index (χ0v) is 14.0. The third-order valence-electron chi connectivity index (χ3n) is 3.41. The van der Waals surface area contributed by atoms with Crippen molar-refractivity contribution in [2.45, 2.75) is 27.2 Å². The van der Waals surface area contributed by atoms with Crippen LogP contribution in [0.3, 0.4) is 0 Å². The van der Waals surface area contributed by atoms with E-state index in [4.69, 9.17) is 9.90 Å². The fraction of sp³-hybridized carbons (Fsp3) is 0.211. The van der Waals surface area contributed by atoms with Gasteiger partial charge >= 0.3 is 0 Å². The van der Waals surface area contributed by atoms with Crippen molar-refractivity contribution >= 4 is 22.9 Å². The molecule has 0 atom stereocenters. The Morgan fingerprint density at radius 2 is 1.67 bits per heavy atom. The van der Waals surface area contributed by atoms with Crippen LogP contribution in [0.4, 0.5) is 0 Å². The minimum Gasteiger partial charge on any atom is -0.481 e. The molecule has 0 saturated heterocycles. The number of benzene rings is 2. The summed E-state index contributed by atoms with van der Waals surface area (Å²) in [6.07, 6.45) is 0.448. The van der Waals surface area contributed by atoms with Gasteiger partial charge in [-0.3, -0.25) is 14.2 Å². The van der Waals surface area contributed by atoms with Crippen molar-refractivity contribution in [3.63, 3.8) is 0 Å². The monoisotopic (exact) mass is 324 g/mol. The number of nitrogens with zero attached hydrogens (tertiary/aromatic N) is 2. The van der Waals surface area contributed by atoms with E-state index in [0.717, 1.165) is 34.9 Å². The van der Waals surface area contributed by atoms with Gasteiger partial charge in [0.1, 0.15) is 5.82 Å². The fourth-order valence-electron chi connectivity index (χ4n) is 2.59. The van der Waals surface area contributed by atoms with Gasteiger partial charge in [-0.05, 0) is 17.7 Å². The second-order valence-electron chi connectivity index (χ2n) is 5.01. The highest BCUT2D eigenvalue weighted by Crippen LogP contribution is 2.31. The molecule has 1 aliphatic rings. The number of carboxylic acids is 1. The number of fused-ring (bicyclic) bond motifs is 5. The van der Waals surface area contributed by atoms with Gasteiger partial charge in [-0.1, -0.05) is 50.2 Å². The normalized spacial score (nSPS) is 11.4. The van der Waals surface area contributed by atoms with E-state index in [0.29, 0.717) is 6.42 Å². The molecule has 0 fully saturated rings. The van der Waals surface area contributed by atoms with Crippen LogP contribution in [-0.4, -0.2) is 26.5 Å². The van der Waals surface area contributed by atoms with Crippen molar-refractivity contribution in [3.05, 3.63) is 54.1 Å². The highest BCUT2D eigenvalue weighted by Gasteiger charge is 2.25. The maximum atomic E-state index is 12.2. The van der Waals surface area contributed by atoms with Crippen molar-refractivity contribution in [2.75, 3.05) is 0 Å². The molecule has 0 saturated carbocycles. The summed E-state index contributed by atoms with van der Waals surface area (Å²) < 4.78 is 1.73. The molecule has 2 heterocycles. The molecule has 0 bridgehead atoms. The van der Waals surface area contributed by atoms with Gasteiger partial charge in [0.15, 0.2) is 0 Å². The molecule has 0 unspecified atom stereocenters. The summed E-state index contributed by atoms with van der Waals surface area (Å²) in [6.45, 7) is 5.08. The molecule has 1 N–H and O–H groups in total. The molecule has 1 aromatic heterocycles. The summed E-state index contributed by atoms with van der Waals surface area (Å²) in [4.78, 5) is 25.8. The first kappa shape index (κ1) is 17.4. The van der Waals surface area contributed by atoms with Crippen molar-refractivity contribution in [3.8, 4) is 11.4 Å². The average Bonchev–Trinajstić information content (AvgIpc) is 2.97. The summed E-state index contributed by atoms with van der Waals surface area (Å²) in [6, 6.07) is 15.7. The van der Waals surface area contributed by atoms with Gasteiger partial charge < -0.3 is 5.11 Å². The topological polar surface area (TPSA) is 72.2 Å². The van der Waals surface area contributed by atoms with Crippen molar-refractivity contribution in [2.24, 2.45) is 0 Å². The van der Waals surface area contributed by atoms with Crippen LogP contribution >= 0.6 is 0 Å². The van der Waals surface area contributed by atoms with Crippen molar-refractivity contribution < 1.29 is 14.7 Å². The number of aliphatic carboxylic acids is 1. The summed E-state index contributed by atoms with van der Waals surface area (Å²) in [5, 5.41) is 7.42. The number of aromatic nitrogens is 2. The van der Waals surface area contributed by atoms with E-state index in [1.54, 1.807) is 4.57 Å². The number of hydrogen-bond acceptors (Lipinski definition) is 3. The van der Waals surface area contributed by atoms with E-state index in [1.165, 1.54) is 0 Å². The molecule has 124 valence electrons. The lowest BCUT2D eigenvalue weighted by Crippen LogP contribution is -2.20. The third-order valence-corrected chi connectivity index (χ3v) is 3.41. The maximum absolute atomic E-state index is 12.2. The molecule has 5 heteroatoms. The Kier molecular flexibility index (Phi) is 5.47. The van der Waals surface area contributed by atoms with Crippen LogP contribution in [0.25, 0.3) is 22.4 Å². The number of imidazole rings is 1. The molecule has 0 spiro atoms. The number of hydrogen-bond donors (Lipinski definition) is 1. The minimum absolute atomic E-state index is 0.0948. The first-order valence-electron chi connectivity index (χ1n) is 7.86. The Labute approximate surface area is 140 Å². The first-order chi connectivity index (χ1) is 11.6. The number of carbonyl (C=O) groups is 2. The molecule has 5 nitrogen and oxygen atoms in total. The van der Waals surface area contributed by atoms with Crippen LogP contribution in [-0.2, 0) is 11.2 Å². The Bertz CT molecular complexity index is 877. The molecule has 4 rings (SSSR count). The lowest BCUT2D eigenvalue weighted by atomic mass is 10.0. The summed E-state index contributed by atoms with van der Waals surface area (Å²) >= 11 is 0. The van der Waals surface area contributed by atoms with E-state index < -0.39 is 5.97 Å². The SMILES string of the molecule is CC.CC(=O)O.O=C1Cc2ccccc2-c2nc3ccccc3n21.